The molecule has 1 heterocycles. The van der Waals surface area contributed by atoms with Crippen LogP contribution in [-0.4, -0.2) is 11.6 Å². The van der Waals surface area contributed by atoms with Crippen LogP contribution in [0.5, 0.6) is 0 Å². The van der Waals surface area contributed by atoms with Gasteiger partial charge in [0.05, 0.1) is 16.4 Å². The van der Waals surface area contributed by atoms with Crippen LogP contribution in [0.3, 0.4) is 0 Å². The molecule has 0 N–H and O–H groups in total. The number of hydrogen-bond donors (Lipinski definition) is 0. The zero-order valence-electron chi connectivity index (χ0n) is 17.0. The van der Waals surface area contributed by atoms with E-state index < -0.39 is 0 Å². The van der Waals surface area contributed by atoms with Gasteiger partial charge in [-0.1, -0.05) is 67.9 Å². The Hall–Kier alpha value is -2.91. The standard InChI is InChI=1S/C23H19ClN2O.C2H6/c1-16-13-14-20(19(24)15-16)25-22-18-11-7-8-12-21(18)26(23(22)27)17-9-5-3-2-4-6-10-17;1-2/h3,5-15H,2,4H2,1H3;1-2H3/b5-3-,10-6-,17-9+,25-22?;. The molecule has 1 aliphatic heterocycles. The van der Waals surface area contributed by atoms with Crippen molar-refractivity contribution in [2.45, 2.75) is 33.6 Å². The Labute approximate surface area is 177 Å². The monoisotopic (exact) mass is 404 g/mol. The Kier molecular flexibility index (Phi) is 6.84. The molecule has 0 aromatic heterocycles. The molecule has 0 atom stereocenters. The van der Waals surface area contributed by atoms with Gasteiger partial charge in [0.25, 0.3) is 5.91 Å². The molecule has 148 valence electrons. The van der Waals surface area contributed by atoms with Crippen LogP contribution in [0.15, 0.2) is 83.5 Å². The lowest BCUT2D eigenvalue weighted by Gasteiger charge is -2.18. The molecule has 0 saturated carbocycles. The summed E-state index contributed by atoms with van der Waals surface area (Å²) >= 11 is 6.34. The first kappa shape index (κ1) is 20.8. The van der Waals surface area contributed by atoms with Crippen LogP contribution in [0.4, 0.5) is 11.4 Å². The van der Waals surface area contributed by atoms with E-state index in [2.05, 4.69) is 17.1 Å². The maximum absolute atomic E-state index is 13.3. The van der Waals surface area contributed by atoms with Crippen molar-refractivity contribution in [1.29, 1.82) is 0 Å². The van der Waals surface area contributed by atoms with Gasteiger partial charge in [-0.3, -0.25) is 9.69 Å². The lowest BCUT2D eigenvalue weighted by molar-refractivity contribution is -0.111. The molecule has 1 aliphatic carbocycles. The van der Waals surface area contributed by atoms with Gasteiger partial charge in [0.2, 0.25) is 0 Å². The van der Waals surface area contributed by atoms with Crippen molar-refractivity contribution < 1.29 is 4.79 Å². The maximum Gasteiger partial charge on any atom is 0.282 e. The first-order valence-corrected chi connectivity index (χ1v) is 10.3. The average Bonchev–Trinajstić information content (AvgIpc) is 2.97. The number of nitrogens with zero attached hydrogens (tertiary/aromatic N) is 2. The fraction of sp³-hybridized carbons (Fsp3) is 0.200. The van der Waals surface area contributed by atoms with E-state index in [0.29, 0.717) is 16.4 Å². The van der Waals surface area contributed by atoms with E-state index in [4.69, 9.17) is 11.6 Å². The molecule has 3 nitrogen and oxygen atoms in total. The van der Waals surface area contributed by atoms with Crippen LogP contribution in [0, 0.1) is 6.92 Å². The summed E-state index contributed by atoms with van der Waals surface area (Å²) in [5.41, 5.74) is 4.57. The van der Waals surface area contributed by atoms with E-state index in [1.54, 1.807) is 4.90 Å². The summed E-state index contributed by atoms with van der Waals surface area (Å²) < 4.78 is 0. The second-order valence-electron chi connectivity index (χ2n) is 6.57. The number of halogens is 1. The largest absolute Gasteiger partial charge is 0.282 e. The SMILES string of the molecule is CC.Cc1ccc(N=C2C(=O)N(C3=C/C=C\CC/C=C\3)c3ccccc32)c(Cl)c1. The number of aliphatic imine (C=N–C) groups is 1. The summed E-state index contributed by atoms with van der Waals surface area (Å²) in [6.45, 7) is 5.97. The molecule has 0 spiro atoms. The quantitative estimate of drug-likeness (QED) is 0.533. The molecule has 2 aliphatic rings. The summed E-state index contributed by atoms with van der Waals surface area (Å²) in [5.74, 6) is -0.141. The molecule has 0 bridgehead atoms. The highest BCUT2D eigenvalue weighted by Gasteiger charge is 2.35. The predicted molar refractivity (Wildman–Crippen MR) is 123 cm³/mol. The lowest BCUT2D eigenvalue weighted by atomic mass is 10.1. The Morgan fingerprint density at radius 2 is 1.79 bits per heavy atom. The van der Waals surface area contributed by atoms with Crippen molar-refractivity contribution in [3.63, 3.8) is 0 Å². The minimum Gasteiger partial charge on any atom is -0.275 e. The number of amides is 1. The molecule has 4 rings (SSSR count). The molecular weight excluding hydrogens is 380 g/mol. The first-order chi connectivity index (χ1) is 14.1. The Bertz CT molecular complexity index is 1030. The van der Waals surface area contributed by atoms with Crippen molar-refractivity contribution in [3.8, 4) is 0 Å². The van der Waals surface area contributed by atoms with Crippen molar-refractivity contribution in [3.05, 3.63) is 94.7 Å². The highest BCUT2D eigenvalue weighted by atomic mass is 35.5. The number of allylic oxidation sites excluding steroid dienone is 5. The normalized spacial score (nSPS) is 20.7. The summed E-state index contributed by atoms with van der Waals surface area (Å²) in [5, 5.41) is 0.541. The van der Waals surface area contributed by atoms with Crippen LogP contribution in [0.25, 0.3) is 0 Å². The number of aryl methyl sites for hydroxylation is 1. The van der Waals surface area contributed by atoms with E-state index in [9.17, 15) is 4.79 Å². The number of benzene rings is 2. The Morgan fingerprint density at radius 1 is 1.03 bits per heavy atom. The molecule has 0 radical (unpaired) electrons. The lowest BCUT2D eigenvalue weighted by Crippen LogP contribution is -2.28. The number of para-hydroxylation sites is 1. The van der Waals surface area contributed by atoms with Crippen molar-refractivity contribution in [2.75, 3.05) is 4.90 Å². The van der Waals surface area contributed by atoms with Gasteiger partial charge in [-0.2, -0.15) is 0 Å². The maximum atomic E-state index is 13.3. The van der Waals surface area contributed by atoms with Crippen molar-refractivity contribution in [1.82, 2.24) is 0 Å². The van der Waals surface area contributed by atoms with Crippen LogP contribution >= 0.6 is 11.6 Å². The molecule has 1 amide bonds. The van der Waals surface area contributed by atoms with Crippen molar-refractivity contribution in [2.24, 2.45) is 4.99 Å². The van der Waals surface area contributed by atoms with Crippen molar-refractivity contribution >= 4 is 34.6 Å². The van der Waals surface area contributed by atoms with Gasteiger partial charge in [0.1, 0.15) is 5.71 Å². The zero-order chi connectivity index (χ0) is 20.8. The topological polar surface area (TPSA) is 32.7 Å². The second-order valence-corrected chi connectivity index (χ2v) is 6.98. The molecule has 2 aromatic carbocycles. The van der Waals surface area contributed by atoms with Gasteiger partial charge in [-0.05, 0) is 55.7 Å². The smallest absolute Gasteiger partial charge is 0.275 e. The van der Waals surface area contributed by atoms with Gasteiger partial charge in [0, 0.05) is 11.3 Å². The number of carbonyl (C=O) groups is 1. The molecule has 0 fully saturated rings. The Morgan fingerprint density at radius 3 is 2.59 bits per heavy atom. The van der Waals surface area contributed by atoms with Crippen LogP contribution < -0.4 is 4.90 Å². The molecule has 0 saturated heterocycles. The van der Waals surface area contributed by atoms with E-state index in [1.165, 1.54) is 0 Å². The van der Waals surface area contributed by atoms with Gasteiger partial charge in [0.15, 0.2) is 0 Å². The third kappa shape index (κ3) is 4.41. The third-order valence-corrected chi connectivity index (χ3v) is 4.89. The number of rotatable bonds is 2. The van der Waals surface area contributed by atoms with E-state index in [0.717, 1.165) is 35.4 Å². The van der Waals surface area contributed by atoms with E-state index in [1.807, 2.05) is 81.5 Å². The van der Waals surface area contributed by atoms with Crippen LogP contribution in [-0.2, 0) is 4.79 Å². The minimum atomic E-state index is -0.141. The predicted octanol–water partition coefficient (Wildman–Crippen LogP) is 6.93. The number of fused-ring (bicyclic) bond motifs is 1. The van der Waals surface area contributed by atoms with Gasteiger partial charge >= 0.3 is 0 Å². The molecule has 0 unspecified atom stereocenters. The fourth-order valence-corrected chi connectivity index (χ4v) is 3.53. The summed E-state index contributed by atoms with van der Waals surface area (Å²) in [7, 11) is 0. The number of carbonyl (C=O) groups excluding carboxylic acids is 1. The highest BCUT2D eigenvalue weighted by Crippen LogP contribution is 2.35. The first-order valence-electron chi connectivity index (χ1n) is 9.97. The molecule has 2 aromatic rings. The Balaban J connectivity index is 0.00000117. The van der Waals surface area contributed by atoms with Crippen LogP contribution in [0.2, 0.25) is 5.02 Å². The molecular formula is C25H25ClN2O. The summed E-state index contributed by atoms with van der Waals surface area (Å²) in [6.07, 6.45) is 12.1. The van der Waals surface area contributed by atoms with Gasteiger partial charge < -0.3 is 0 Å². The number of hydrogen-bond acceptors (Lipinski definition) is 2. The molecule has 29 heavy (non-hydrogen) atoms. The summed E-state index contributed by atoms with van der Waals surface area (Å²) in [4.78, 5) is 19.7. The van der Waals surface area contributed by atoms with Gasteiger partial charge in [-0.15, -0.1) is 0 Å². The van der Waals surface area contributed by atoms with Gasteiger partial charge in [-0.25, -0.2) is 4.99 Å². The minimum absolute atomic E-state index is 0.141. The highest BCUT2D eigenvalue weighted by molar-refractivity contribution is 6.55. The summed E-state index contributed by atoms with van der Waals surface area (Å²) in [6, 6.07) is 13.4. The average molecular weight is 405 g/mol. The van der Waals surface area contributed by atoms with E-state index >= 15 is 0 Å². The third-order valence-electron chi connectivity index (χ3n) is 4.59. The molecule has 4 heteroatoms. The zero-order valence-corrected chi connectivity index (χ0v) is 17.8. The van der Waals surface area contributed by atoms with Crippen LogP contribution in [0.1, 0.15) is 37.8 Å². The number of anilines is 1. The second kappa shape index (κ2) is 9.53. The fourth-order valence-electron chi connectivity index (χ4n) is 3.25. The van der Waals surface area contributed by atoms with E-state index in [-0.39, 0.29) is 5.91 Å².